The number of amides is 1. The van der Waals surface area contributed by atoms with E-state index in [0.717, 1.165) is 15.8 Å². The number of nitrogens with zero attached hydrogens (tertiary/aromatic N) is 1. The predicted octanol–water partition coefficient (Wildman–Crippen LogP) is 3.66. The lowest BCUT2D eigenvalue weighted by Crippen LogP contribution is -2.30. The molecule has 0 aliphatic carbocycles. The lowest BCUT2D eigenvalue weighted by atomic mass is 10.1. The molecule has 2 rings (SSSR count). The smallest absolute Gasteiger partial charge is 0.292 e. The highest BCUT2D eigenvalue weighted by Gasteiger charge is 2.15. The number of nitro groups is 1. The number of ether oxygens (including phenoxy) is 1. The van der Waals surface area contributed by atoms with E-state index in [1.165, 1.54) is 12.1 Å². The third kappa shape index (κ3) is 5.01. The van der Waals surface area contributed by atoms with Crippen molar-refractivity contribution in [2.24, 2.45) is 0 Å². The number of benzene rings is 2. The molecule has 0 aromatic heterocycles. The summed E-state index contributed by atoms with van der Waals surface area (Å²) in [7, 11) is 1.59. The summed E-state index contributed by atoms with van der Waals surface area (Å²) in [4.78, 5) is 22.5. The van der Waals surface area contributed by atoms with Crippen molar-refractivity contribution in [3.8, 4) is 5.75 Å². The van der Waals surface area contributed by atoms with Crippen molar-refractivity contribution in [1.82, 2.24) is 5.32 Å². The molecule has 2 N–H and O–H groups in total. The third-order valence-corrected chi connectivity index (χ3v) is 4.24. The molecule has 0 saturated carbocycles. The van der Waals surface area contributed by atoms with Gasteiger partial charge in [0.1, 0.15) is 11.4 Å². The summed E-state index contributed by atoms with van der Waals surface area (Å²) in [5, 5.41) is 16.6. The molecular weight excluding hydrogens is 390 g/mol. The molecular formula is C17H18BrN3O4. The minimum Gasteiger partial charge on any atom is -0.496 e. The molecule has 25 heavy (non-hydrogen) atoms. The molecule has 1 atom stereocenters. The molecule has 0 bridgehead atoms. The molecule has 0 saturated heterocycles. The molecule has 7 nitrogen and oxygen atoms in total. The second-order valence-electron chi connectivity index (χ2n) is 5.32. The van der Waals surface area contributed by atoms with Crippen LogP contribution in [-0.4, -0.2) is 24.5 Å². The first-order chi connectivity index (χ1) is 11.9. The van der Waals surface area contributed by atoms with Crippen LogP contribution in [0.4, 0.5) is 11.4 Å². The molecule has 0 aliphatic heterocycles. The van der Waals surface area contributed by atoms with Crippen LogP contribution in [0, 0.1) is 10.1 Å². The number of nitrogens with one attached hydrogen (secondary N) is 2. The zero-order valence-electron chi connectivity index (χ0n) is 13.8. The van der Waals surface area contributed by atoms with Gasteiger partial charge in [0, 0.05) is 12.1 Å². The van der Waals surface area contributed by atoms with Crippen LogP contribution in [0.15, 0.2) is 46.9 Å². The van der Waals surface area contributed by atoms with E-state index in [0.29, 0.717) is 0 Å². The van der Waals surface area contributed by atoms with E-state index in [1.54, 1.807) is 19.2 Å². The van der Waals surface area contributed by atoms with Crippen LogP contribution in [0.25, 0.3) is 0 Å². The van der Waals surface area contributed by atoms with Gasteiger partial charge in [0.15, 0.2) is 0 Å². The van der Waals surface area contributed by atoms with Gasteiger partial charge in [0.05, 0.1) is 23.1 Å². The average molecular weight is 408 g/mol. The Bertz CT molecular complexity index is 782. The SMILES string of the molecule is COc1ccc([C@H](C)NCC(=O)Nc2ccccc2[N+](=O)[O-])cc1Br. The summed E-state index contributed by atoms with van der Waals surface area (Å²) in [6.45, 7) is 1.95. The zero-order valence-corrected chi connectivity index (χ0v) is 15.4. The fraction of sp³-hybridized carbons (Fsp3) is 0.235. The van der Waals surface area contributed by atoms with Gasteiger partial charge in [-0.15, -0.1) is 0 Å². The molecule has 1 amide bonds. The topological polar surface area (TPSA) is 93.5 Å². The van der Waals surface area contributed by atoms with Crippen LogP contribution in [0.3, 0.4) is 0 Å². The molecule has 2 aromatic carbocycles. The van der Waals surface area contributed by atoms with Crippen LogP contribution < -0.4 is 15.4 Å². The Balaban J connectivity index is 1.96. The largest absolute Gasteiger partial charge is 0.496 e. The highest BCUT2D eigenvalue weighted by molar-refractivity contribution is 9.10. The highest BCUT2D eigenvalue weighted by Crippen LogP contribution is 2.28. The van der Waals surface area contributed by atoms with Crippen LogP contribution in [0.1, 0.15) is 18.5 Å². The Kier molecular flexibility index (Phi) is 6.49. The van der Waals surface area contributed by atoms with Gasteiger partial charge >= 0.3 is 0 Å². The molecule has 0 fully saturated rings. The first-order valence-electron chi connectivity index (χ1n) is 7.52. The molecule has 8 heteroatoms. The average Bonchev–Trinajstić information content (AvgIpc) is 2.59. The van der Waals surface area contributed by atoms with E-state index in [9.17, 15) is 14.9 Å². The number of hydrogen-bond donors (Lipinski definition) is 2. The van der Waals surface area contributed by atoms with E-state index < -0.39 is 4.92 Å². The maximum Gasteiger partial charge on any atom is 0.292 e. The Labute approximate surface area is 153 Å². The molecule has 0 heterocycles. The van der Waals surface area contributed by atoms with Crippen molar-refractivity contribution in [2.45, 2.75) is 13.0 Å². The summed E-state index contributed by atoms with van der Waals surface area (Å²) < 4.78 is 6.01. The molecule has 0 spiro atoms. The predicted molar refractivity (Wildman–Crippen MR) is 98.8 cm³/mol. The van der Waals surface area contributed by atoms with E-state index in [4.69, 9.17) is 4.74 Å². The van der Waals surface area contributed by atoms with Crippen LogP contribution >= 0.6 is 15.9 Å². The summed E-state index contributed by atoms with van der Waals surface area (Å²) in [6, 6.07) is 11.6. The number of carbonyl (C=O) groups is 1. The quantitative estimate of drug-likeness (QED) is 0.539. The monoisotopic (exact) mass is 407 g/mol. The van der Waals surface area contributed by atoms with Crippen molar-refractivity contribution in [3.63, 3.8) is 0 Å². The first-order valence-corrected chi connectivity index (χ1v) is 8.31. The normalized spacial score (nSPS) is 11.6. The number of anilines is 1. The van der Waals surface area contributed by atoms with E-state index in [1.807, 2.05) is 25.1 Å². The number of nitro benzene ring substituents is 1. The van der Waals surface area contributed by atoms with Crippen molar-refractivity contribution < 1.29 is 14.5 Å². The number of methoxy groups -OCH3 is 1. The molecule has 2 aromatic rings. The van der Waals surface area contributed by atoms with Gasteiger partial charge in [-0.05, 0) is 46.6 Å². The lowest BCUT2D eigenvalue weighted by molar-refractivity contribution is -0.383. The minimum absolute atomic E-state index is 0.0247. The van der Waals surface area contributed by atoms with Gasteiger partial charge in [-0.1, -0.05) is 18.2 Å². The van der Waals surface area contributed by atoms with E-state index in [2.05, 4.69) is 26.6 Å². The number of halogens is 1. The Morgan fingerprint density at radius 1 is 1.32 bits per heavy atom. The number of carbonyl (C=O) groups excluding carboxylic acids is 1. The third-order valence-electron chi connectivity index (χ3n) is 3.62. The standard InChI is InChI=1S/C17H18BrN3O4/c1-11(12-7-8-16(25-2)13(18)9-12)19-10-17(22)20-14-5-3-4-6-15(14)21(23)24/h3-9,11,19H,10H2,1-2H3,(H,20,22)/t11-/m0/s1. The fourth-order valence-electron chi connectivity index (χ4n) is 2.25. The Hall–Kier alpha value is -2.45. The number of para-hydroxylation sites is 2. The molecule has 132 valence electrons. The van der Waals surface area contributed by atoms with Crippen molar-refractivity contribution in [3.05, 3.63) is 62.6 Å². The van der Waals surface area contributed by atoms with Crippen molar-refractivity contribution >= 4 is 33.2 Å². The molecule has 0 radical (unpaired) electrons. The lowest BCUT2D eigenvalue weighted by Gasteiger charge is -2.15. The summed E-state index contributed by atoms with van der Waals surface area (Å²) in [5.74, 6) is 0.374. The van der Waals surface area contributed by atoms with Gasteiger partial charge in [0.25, 0.3) is 5.69 Å². The number of hydrogen-bond acceptors (Lipinski definition) is 5. The first kappa shape index (κ1) is 18.9. The summed E-state index contributed by atoms with van der Waals surface area (Å²) in [6.07, 6.45) is 0. The zero-order chi connectivity index (χ0) is 18.4. The fourth-order valence-corrected chi connectivity index (χ4v) is 2.81. The molecule has 0 unspecified atom stereocenters. The number of rotatable bonds is 7. The highest BCUT2D eigenvalue weighted by atomic mass is 79.9. The summed E-state index contributed by atoms with van der Waals surface area (Å²) >= 11 is 3.43. The second kappa shape index (κ2) is 8.59. The van der Waals surface area contributed by atoms with Crippen LogP contribution in [-0.2, 0) is 4.79 Å². The van der Waals surface area contributed by atoms with Crippen molar-refractivity contribution in [1.29, 1.82) is 0 Å². The maximum absolute atomic E-state index is 12.1. The van der Waals surface area contributed by atoms with Gasteiger partial charge in [0.2, 0.25) is 5.91 Å². The summed E-state index contributed by atoms with van der Waals surface area (Å²) in [5.41, 5.74) is 1.02. The van der Waals surface area contributed by atoms with Crippen molar-refractivity contribution in [2.75, 3.05) is 19.0 Å². The van der Waals surface area contributed by atoms with Crippen LogP contribution in [0.2, 0.25) is 0 Å². The van der Waals surface area contributed by atoms with E-state index >= 15 is 0 Å². The van der Waals surface area contributed by atoms with Gasteiger partial charge in [-0.2, -0.15) is 0 Å². The second-order valence-corrected chi connectivity index (χ2v) is 6.17. The molecule has 0 aliphatic rings. The van der Waals surface area contributed by atoms with Gasteiger partial charge in [-0.3, -0.25) is 14.9 Å². The van der Waals surface area contributed by atoms with Gasteiger partial charge < -0.3 is 15.4 Å². The van der Waals surface area contributed by atoms with E-state index in [-0.39, 0.29) is 29.9 Å². The van der Waals surface area contributed by atoms with Crippen LogP contribution in [0.5, 0.6) is 5.75 Å². The minimum atomic E-state index is -0.527. The Morgan fingerprint density at radius 3 is 2.68 bits per heavy atom. The van der Waals surface area contributed by atoms with Gasteiger partial charge in [-0.25, -0.2) is 0 Å². The Morgan fingerprint density at radius 2 is 2.04 bits per heavy atom. The maximum atomic E-state index is 12.1.